The van der Waals surface area contributed by atoms with Gasteiger partial charge in [-0.25, -0.2) is 0 Å². The van der Waals surface area contributed by atoms with Gasteiger partial charge in [0, 0.05) is 65.8 Å². The molecule has 20 aromatic carbocycles. The van der Waals surface area contributed by atoms with E-state index in [0.29, 0.717) is 0 Å². The second-order valence-electron chi connectivity index (χ2n) is 32.3. The Hall–Kier alpha value is -16.4. The molecule has 0 amide bonds. The highest BCUT2D eigenvalue weighted by atomic mass is 15.0. The molecule has 0 aliphatic heterocycles. The minimum absolute atomic E-state index is 1.14. The Kier molecular flexibility index (Phi) is 18.2. The molecule has 0 aliphatic carbocycles. The summed E-state index contributed by atoms with van der Waals surface area (Å²) < 4.78 is 9.69. The normalized spacial score (nSPS) is 11.5. The van der Waals surface area contributed by atoms with Crippen molar-refractivity contribution in [1.82, 2.24) is 18.3 Å². The largest absolute Gasteiger partial charge is 0.309 e. The minimum Gasteiger partial charge on any atom is -0.309 e. The average molecular weight is 1580 g/mol. The van der Waals surface area contributed by atoms with Crippen LogP contribution in [0.4, 0.5) is 0 Å². The van der Waals surface area contributed by atoms with Crippen LogP contribution in [0.5, 0.6) is 0 Å². The van der Waals surface area contributed by atoms with E-state index in [4.69, 9.17) is 0 Å². The number of rotatable bonds is 14. The Morgan fingerprint density at radius 2 is 0.298 bits per heavy atom. The number of aromatic nitrogens is 4. The Bertz CT molecular complexity index is 8180. The predicted octanol–water partition coefficient (Wildman–Crippen LogP) is 32.4. The van der Waals surface area contributed by atoms with Crippen LogP contribution in [0, 0.1) is 0 Å². The molecule has 4 heterocycles. The zero-order valence-corrected chi connectivity index (χ0v) is 68.0. The van der Waals surface area contributed by atoms with Crippen molar-refractivity contribution in [3.05, 3.63) is 485 Å². The minimum atomic E-state index is 1.14. The summed E-state index contributed by atoms with van der Waals surface area (Å²) in [5.41, 5.74) is 38.3. The second kappa shape index (κ2) is 31.1. The maximum Gasteiger partial charge on any atom is 0.0541 e. The molecule has 124 heavy (non-hydrogen) atoms. The Morgan fingerprint density at radius 1 is 0.0968 bits per heavy atom. The molecule has 580 valence electrons. The summed E-state index contributed by atoms with van der Waals surface area (Å²) in [6.07, 6.45) is 0. The third-order valence-corrected chi connectivity index (χ3v) is 25.1. The smallest absolute Gasteiger partial charge is 0.0541 e. The number of nitrogens with zero attached hydrogens (tertiary/aromatic N) is 4. The molecule has 4 heteroatoms. The maximum atomic E-state index is 2.43. The van der Waals surface area contributed by atoms with Gasteiger partial charge >= 0.3 is 0 Å². The molecule has 0 N–H and O–H groups in total. The van der Waals surface area contributed by atoms with Gasteiger partial charge in [-0.05, 0) is 239 Å². The Balaban J connectivity index is 0.000000143. The van der Waals surface area contributed by atoms with E-state index in [1.165, 1.54) is 198 Å². The SMILES string of the molecule is c1ccc(-c2ccc(-c3cccc(-n4c5ccccc5c5cc(-c6ccc7c(c6)c6ccccc6n7-c6ccc(-c7ccccc7)c(-c7ccccc7)c6)ccc54)c3)cc2)cc1.c1ccc(-c2cccc(-c3cccc(-n4c5ccccc5c5cc(-c6ccc7c(c6)c6ccccc6n7-c6ccc(-c7ccccc7)c(-c7ccccc7)c6)ccc54)c3)c2)cc1. The van der Waals surface area contributed by atoms with Crippen LogP contribution in [0.1, 0.15) is 0 Å². The van der Waals surface area contributed by atoms with Crippen molar-refractivity contribution in [1.29, 1.82) is 0 Å². The van der Waals surface area contributed by atoms with Crippen molar-refractivity contribution in [3.63, 3.8) is 0 Å². The summed E-state index contributed by atoms with van der Waals surface area (Å²) in [6, 6.07) is 177. The van der Waals surface area contributed by atoms with Crippen LogP contribution in [-0.2, 0) is 0 Å². The van der Waals surface area contributed by atoms with E-state index in [2.05, 4.69) is 504 Å². The molecule has 0 saturated carbocycles. The summed E-state index contributed by atoms with van der Waals surface area (Å²) in [7, 11) is 0. The molecular formula is C120H80N4. The maximum absolute atomic E-state index is 2.43. The van der Waals surface area contributed by atoms with Gasteiger partial charge in [-0.3, -0.25) is 0 Å². The summed E-state index contributed by atoms with van der Waals surface area (Å²) in [5.74, 6) is 0. The van der Waals surface area contributed by atoms with E-state index >= 15 is 0 Å². The molecule has 24 rings (SSSR count). The highest BCUT2D eigenvalue weighted by Gasteiger charge is 2.23. The van der Waals surface area contributed by atoms with Gasteiger partial charge < -0.3 is 18.3 Å². The van der Waals surface area contributed by atoms with Crippen LogP contribution in [0.25, 0.3) is 221 Å². The molecule has 0 unspecified atom stereocenters. The van der Waals surface area contributed by atoms with Gasteiger partial charge in [0.2, 0.25) is 0 Å². The van der Waals surface area contributed by atoms with Crippen molar-refractivity contribution in [2.45, 2.75) is 0 Å². The first-order valence-corrected chi connectivity index (χ1v) is 42.7. The first-order chi connectivity index (χ1) is 61.5. The molecular weight excluding hydrogens is 1500 g/mol. The molecule has 4 nitrogen and oxygen atoms in total. The number of benzene rings is 20. The van der Waals surface area contributed by atoms with E-state index in [9.17, 15) is 0 Å². The first kappa shape index (κ1) is 72.8. The molecule has 0 spiro atoms. The van der Waals surface area contributed by atoms with Crippen molar-refractivity contribution < 1.29 is 0 Å². The number of fused-ring (bicyclic) bond motifs is 12. The van der Waals surface area contributed by atoms with Crippen LogP contribution in [-0.4, -0.2) is 18.3 Å². The molecule has 0 atom stereocenters. The van der Waals surface area contributed by atoms with Crippen LogP contribution in [0.3, 0.4) is 0 Å². The van der Waals surface area contributed by atoms with Gasteiger partial charge in [-0.1, -0.05) is 358 Å². The van der Waals surface area contributed by atoms with E-state index < -0.39 is 0 Å². The van der Waals surface area contributed by atoms with Gasteiger partial charge in [-0.2, -0.15) is 0 Å². The zero-order chi connectivity index (χ0) is 82.0. The lowest BCUT2D eigenvalue weighted by atomic mass is 9.94. The number of hydrogen-bond donors (Lipinski definition) is 0. The molecule has 0 bridgehead atoms. The summed E-state index contributed by atoms with van der Waals surface area (Å²) in [4.78, 5) is 0. The van der Waals surface area contributed by atoms with E-state index in [1.54, 1.807) is 0 Å². The van der Waals surface area contributed by atoms with Gasteiger partial charge in [0.1, 0.15) is 0 Å². The molecule has 0 radical (unpaired) electrons. The molecule has 0 aliphatic rings. The number of para-hydroxylation sites is 4. The quantitative estimate of drug-likeness (QED) is 0.103. The van der Waals surface area contributed by atoms with Gasteiger partial charge in [-0.15, -0.1) is 0 Å². The fourth-order valence-electron chi connectivity index (χ4n) is 19.2. The summed E-state index contributed by atoms with van der Waals surface area (Å²) in [6.45, 7) is 0. The van der Waals surface area contributed by atoms with Crippen molar-refractivity contribution >= 4 is 87.2 Å². The van der Waals surface area contributed by atoms with Crippen LogP contribution in [0.2, 0.25) is 0 Å². The lowest BCUT2D eigenvalue weighted by Crippen LogP contribution is -1.96. The highest BCUT2D eigenvalue weighted by Crippen LogP contribution is 2.45. The van der Waals surface area contributed by atoms with Crippen LogP contribution in [0.15, 0.2) is 485 Å². The van der Waals surface area contributed by atoms with Gasteiger partial charge in [0.25, 0.3) is 0 Å². The molecule has 0 saturated heterocycles. The van der Waals surface area contributed by atoms with Crippen LogP contribution >= 0.6 is 0 Å². The summed E-state index contributed by atoms with van der Waals surface area (Å²) in [5, 5.41) is 9.92. The molecule has 4 aromatic heterocycles. The molecule has 24 aromatic rings. The summed E-state index contributed by atoms with van der Waals surface area (Å²) >= 11 is 0. The van der Waals surface area contributed by atoms with Gasteiger partial charge in [0.15, 0.2) is 0 Å². The number of hydrogen-bond acceptors (Lipinski definition) is 0. The fourth-order valence-corrected chi connectivity index (χ4v) is 19.2. The predicted molar refractivity (Wildman–Crippen MR) is 525 cm³/mol. The van der Waals surface area contributed by atoms with Crippen molar-refractivity contribution in [2.75, 3.05) is 0 Å². The lowest BCUT2D eigenvalue weighted by molar-refractivity contribution is 1.18. The third kappa shape index (κ3) is 13.0. The average Bonchev–Trinajstić information content (AvgIpc) is 1.59. The van der Waals surface area contributed by atoms with E-state index in [1.807, 2.05) is 0 Å². The van der Waals surface area contributed by atoms with Crippen LogP contribution < -0.4 is 0 Å². The van der Waals surface area contributed by atoms with E-state index in [-0.39, 0.29) is 0 Å². The fraction of sp³-hybridized carbons (Fsp3) is 0. The second-order valence-corrected chi connectivity index (χ2v) is 32.3. The third-order valence-electron chi connectivity index (χ3n) is 25.1. The van der Waals surface area contributed by atoms with Crippen molar-refractivity contribution in [2.24, 2.45) is 0 Å². The lowest BCUT2D eigenvalue weighted by Gasteiger charge is -2.15. The highest BCUT2D eigenvalue weighted by molar-refractivity contribution is 6.15. The van der Waals surface area contributed by atoms with E-state index in [0.717, 1.165) is 22.7 Å². The topological polar surface area (TPSA) is 19.7 Å². The zero-order valence-electron chi connectivity index (χ0n) is 68.0. The standard InChI is InChI=1S/2C60H40N2/c1-4-16-41(17-5-1)44-22-14-23-45(36-44)46-24-15-25-49(37-46)61-57-28-12-10-26-52(57)55-38-47(30-34-59(55)61)48-31-35-60-56(39-48)53-27-11-13-29-58(53)62(60)50-32-33-51(42-18-6-2-7-19-42)54(40-50)43-20-8-3-9-21-43;1-4-15-41(16-5-1)42-27-29-43(30-28-42)46-21-14-22-49(37-46)61-57-25-12-10-23-52(57)55-38-47(31-35-59(55)61)48-32-36-60-56(39-48)53-24-11-13-26-58(53)62(60)50-33-34-51(44-17-6-2-7-18-44)54(40-50)45-19-8-3-9-20-45/h2*1-40H. The van der Waals surface area contributed by atoms with Crippen molar-refractivity contribution in [3.8, 4) is 134 Å². The molecule has 0 fully saturated rings. The first-order valence-electron chi connectivity index (χ1n) is 42.7. The Labute approximate surface area is 719 Å². The van der Waals surface area contributed by atoms with Gasteiger partial charge in [0.05, 0.1) is 44.1 Å². The monoisotopic (exact) mass is 1580 g/mol. The Morgan fingerprint density at radius 3 is 0.629 bits per heavy atom.